The average molecular weight is 277 g/mol. The van der Waals surface area contributed by atoms with Gasteiger partial charge in [-0.3, -0.25) is 4.90 Å². The molecule has 4 atom stereocenters. The number of nitrogens with one attached hydrogen (secondary N) is 1. The third-order valence-corrected chi connectivity index (χ3v) is 5.83. The number of morpholine rings is 1. The van der Waals surface area contributed by atoms with Gasteiger partial charge in [0.1, 0.15) is 5.54 Å². The molecule has 20 heavy (non-hydrogen) atoms. The van der Waals surface area contributed by atoms with Crippen LogP contribution in [0.2, 0.25) is 0 Å². The molecule has 2 aliphatic carbocycles. The fourth-order valence-electron chi connectivity index (χ4n) is 4.61. The van der Waals surface area contributed by atoms with Crippen molar-refractivity contribution in [1.29, 1.82) is 5.26 Å². The van der Waals surface area contributed by atoms with Crippen molar-refractivity contribution >= 4 is 0 Å². The molecule has 0 spiro atoms. The van der Waals surface area contributed by atoms with Gasteiger partial charge in [-0.05, 0) is 58.0 Å². The van der Waals surface area contributed by atoms with E-state index in [2.05, 4.69) is 16.3 Å². The minimum atomic E-state index is -0.263. The van der Waals surface area contributed by atoms with Gasteiger partial charge in [-0.1, -0.05) is 6.42 Å². The largest absolute Gasteiger partial charge is 0.375 e. The van der Waals surface area contributed by atoms with Crippen LogP contribution in [-0.2, 0) is 4.74 Å². The lowest BCUT2D eigenvalue weighted by atomic mass is 9.86. The van der Waals surface area contributed by atoms with E-state index in [9.17, 15) is 5.26 Å². The Morgan fingerprint density at radius 3 is 3.05 bits per heavy atom. The fraction of sp³-hybridized carbons (Fsp3) is 0.938. The molecule has 0 amide bonds. The summed E-state index contributed by atoms with van der Waals surface area (Å²) in [7, 11) is 1.95. The monoisotopic (exact) mass is 277 g/mol. The van der Waals surface area contributed by atoms with Gasteiger partial charge < -0.3 is 10.1 Å². The van der Waals surface area contributed by atoms with Gasteiger partial charge in [0.05, 0.1) is 18.8 Å². The van der Waals surface area contributed by atoms with E-state index >= 15 is 0 Å². The van der Waals surface area contributed by atoms with E-state index in [1.807, 2.05) is 7.05 Å². The predicted molar refractivity (Wildman–Crippen MR) is 78.3 cm³/mol. The molecule has 1 saturated heterocycles. The van der Waals surface area contributed by atoms with Gasteiger partial charge >= 0.3 is 0 Å². The van der Waals surface area contributed by atoms with Gasteiger partial charge in [0.2, 0.25) is 0 Å². The van der Waals surface area contributed by atoms with Crippen molar-refractivity contribution in [3.8, 4) is 6.07 Å². The Morgan fingerprint density at radius 1 is 1.35 bits per heavy atom. The lowest BCUT2D eigenvalue weighted by molar-refractivity contribution is -0.0573. The van der Waals surface area contributed by atoms with E-state index in [0.29, 0.717) is 18.1 Å². The maximum Gasteiger partial charge on any atom is 0.109 e. The summed E-state index contributed by atoms with van der Waals surface area (Å²) < 4.78 is 5.88. The maximum atomic E-state index is 9.53. The molecule has 0 radical (unpaired) electrons. The summed E-state index contributed by atoms with van der Waals surface area (Å²) in [6.07, 6.45) is 8.89. The second kappa shape index (κ2) is 6.01. The highest BCUT2D eigenvalue weighted by Gasteiger charge is 2.43. The third-order valence-electron chi connectivity index (χ3n) is 5.83. The minimum absolute atomic E-state index is 0.263. The lowest BCUT2D eigenvalue weighted by Gasteiger charge is -2.39. The van der Waals surface area contributed by atoms with Crippen LogP contribution in [0, 0.1) is 17.2 Å². The van der Waals surface area contributed by atoms with Gasteiger partial charge in [-0.15, -0.1) is 0 Å². The first kappa shape index (κ1) is 14.3. The Hall–Kier alpha value is -0.630. The van der Waals surface area contributed by atoms with Crippen molar-refractivity contribution in [2.45, 2.75) is 62.6 Å². The van der Waals surface area contributed by atoms with Crippen LogP contribution in [-0.4, -0.2) is 49.3 Å². The van der Waals surface area contributed by atoms with Gasteiger partial charge in [-0.2, -0.15) is 5.26 Å². The fourth-order valence-corrected chi connectivity index (χ4v) is 4.61. The summed E-state index contributed by atoms with van der Waals surface area (Å²) in [4.78, 5) is 2.64. The van der Waals surface area contributed by atoms with Crippen molar-refractivity contribution in [2.24, 2.45) is 5.92 Å². The van der Waals surface area contributed by atoms with Crippen LogP contribution in [0.3, 0.4) is 0 Å². The number of ether oxygens (including phenoxy) is 1. The number of hydrogen-bond donors (Lipinski definition) is 1. The molecule has 1 heterocycles. The molecule has 112 valence electrons. The maximum absolute atomic E-state index is 9.53. The average Bonchev–Trinajstić information content (AvgIpc) is 3.12. The van der Waals surface area contributed by atoms with Crippen molar-refractivity contribution in [2.75, 3.05) is 26.7 Å². The summed E-state index contributed by atoms with van der Waals surface area (Å²) >= 11 is 0. The second-order valence-electron chi connectivity index (χ2n) is 6.65. The minimum Gasteiger partial charge on any atom is -0.375 e. The Kier molecular flexibility index (Phi) is 4.30. The number of nitrogens with zero attached hydrogens (tertiary/aromatic N) is 2. The van der Waals surface area contributed by atoms with E-state index in [0.717, 1.165) is 32.5 Å². The first-order chi connectivity index (χ1) is 9.79. The first-order valence-electron chi connectivity index (χ1n) is 8.25. The van der Waals surface area contributed by atoms with Crippen LogP contribution in [0.15, 0.2) is 0 Å². The highest BCUT2D eigenvalue weighted by Crippen LogP contribution is 2.38. The molecular weight excluding hydrogens is 250 g/mol. The zero-order valence-electron chi connectivity index (χ0n) is 12.6. The number of rotatable bonds is 4. The van der Waals surface area contributed by atoms with Gasteiger partial charge in [0, 0.05) is 12.6 Å². The van der Waals surface area contributed by atoms with E-state index in [1.165, 1.54) is 32.1 Å². The van der Waals surface area contributed by atoms with Gasteiger partial charge in [0.25, 0.3) is 0 Å². The highest BCUT2D eigenvalue weighted by atomic mass is 16.5. The van der Waals surface area contributed by atoms with E-state index < -0.39 is 0 Å². The molecule has 3 rings (SSSR count). The van der Waals surface area contributed by atoms with E-state index in [1.54, 1.807) is 0 Å². The normalized spacial score (nSPS) is 41.5. The van der Waals surface area contributed by atoms with Crippen LogP contribution in [0.1, 0.15) is 44.9 Å². The second-order valence-corrected chi connectivity index (χ2v) is 6.65. The summed E-state index contributed by atoms with van der Waals surface area (Å²) in [6, 6.07) is 3.21. The molecule has 1 N–H and O–H groups in total. The van der Waals surface area contributed by atoms with E-state index in [4.69, 9.17) is 4.74 Å². The molecule has 4 heteroatoms. The topological polar surface area (TPSA) is 48.3 Å². The molecule has 4 unspecified atom stereocenters. The zero-order chi connectivity index (χ0) is 14.0. The Labute approximate surface area is 122 Å². The summed E-state index contributed by atoms with van der Waals surface area (Å²) in [6.45, 7) is 3.11. The van der Waals surface area contributed by atoms with Crippen LogP contribution in [0.4, 0.5) is 0 Å². The molecule has 2 saturated carbocycles. The highest BCUT2D eigenvalue weighted by molar-refractivity contribution is 5.13. The van der Waals surface area contributed by atoms with Gasteiger partial charge in [-0.25, -0.2) is 0 Å². The van der Waals surface area contributed by atoms with Crippen LogP contribution >= 0.6 is 0 Å². The van der Waals surface area contributed by atoms with Crippen LogP contribution in [0.25, 0.3) is 0 Å². The Balaban J connectivity index is 1.57. The van der Waals surface area contributed by atoms with Crippen molar-refractivity contribution in [3.05, 3.63) is 0 Å². The van der Waals surface area contributed by atoms with Crippen LogP contribution in [0.5, 0.6) is 0 Å². The zero-order valence-corrected chi connectivity index (χ0v) is 12.6. The van der Waals surface area contributed by atoms with Crippen LogP contribution < -0.4 is 5.32 Å². The number of fused-ring (bicyclic) bond motifs is 1. The SMILES string of the molecule is CNC1(C#N)CCCC1CCN1CCOC2CCCC21. The molecular formula is C16H27N3O. The molecule has 0 aromatic heterocycles. The first-order valence-corrected chi connectivity index (χ1v) is 8.25. The third kappa shape index (κ3) is 2.47. The van der Waals surface area contributed by atoms with Crippen molar-refractivity contribution in [1.82, 2.24) is 10.2 Å². The lowest BCUT2D eigenvalue weighted by Crippen LogP contribution is -2.50. The Bertz CT molecular complexity index is 380. The number of nitriles is 1. The standard InChI is InChI=1S/C16H27N3O/c1-18-16(12-17)8-3-4-13(16)7-9-19-10-11-20-15-6-2-5-14(15)19/h13-15,18H,2-11H2,1H3. The summed E-state index contributed by atoms with van der Waals surface area (Å²) in [5, 5.41) is 12.8. The van der Waals surface area contributed by atoms with Crippen molar-refractivity contribution < 1.29 is 4.74 Å². The molecule has 0 aromatic carbocycles. The van der Waals surface area contributed by atoms with Gasteiger partial charge in [0.15, 0.2) is 0 Å². The molecule has 3 aliphatic rings. The molecule has 1 aliphatic heterocycles. The molecule has 3 fully saturated rings. The predicted octanol–water partition coefficient (Wildman–Crippen LogP) is 1.91. The van der Waals surface area contributed by atoms with E-state index in [-0.39, 0.29) is 5.54 Å². The molecule has 0 aromatic rings. The summed E-state index contributed by atoms with van der Waals surface area (Å²) in [5.41, 5.74) is -0.263. The Morgan fingerprint density at radius 2 is 2.25 bits per heavy atom. The smallest absolute Gasteiger partial charge is 0.109 e. The number of hydrogen-bond acceptors (Lipinski definition) is 4. The quantitative estimate of drug-likeness (QED) is 0.853. The molecule has 0 bridgehead atoms. The molecule has 4 nitrogen and oxygen atoms in total. The summed E-state index contributed by atoms with van der Waals surface area (Å²) in [5.74, 6) is 0.514. The van der Waals surface area contributed by atoms with Crippen molar-refractivity contribution in [3.63, 3.8) is 0 Å².